The molecule has 0 spiro atoms. The molecule has 14 heavy (non-hydrogen) atoms. The van der Waals surface area contributed by atoms with Crippen LogP contribution in [0.4, 0.5) is 5.82 Å². The van der Waals surface area contributed by atoms with Crippen molar-refractivity contribution in [3.05, 3.63) is 22.7 Å². The molecule has 0 unspecified atom stereocenters. The summed E-state index contributed by atoms with van der Waals surface area (Å²) in [4.78, 5) is 17.9. The first-order chi connectivity index (χ1) is 6.79. The van der Waals surface area contributed by atoms with Crippen molar-refractivity contribution in [3.63, 3.8) is 0 Å². The van der Waals surface area contributed by atoms with Gasteiger partial charge in [0.1, 0.15) is 0 Å². The second-order valence-corrected chi connectivity index (χ2v) is 3.40. The van der Waals surface area contributed by atoms with Crippen molar-refractivity contribution in [2.45, 2.75) is 0 Å². The zero-order valence-electron chi connectivity index (χ0n) is 8.23. The molecule has 1 aliphatic heterocycles. The largest absolute Gasteiger partial charge is 0.349 e. The molecular formula is C9H14N4O. The fourth-order valence-electron chi connectivity index (χ4n) is 1.58. The first-order valence-electron chi connectivity index (χ1n) is 4.76. The lowest BCUT2D eigenvalue weighted by atomic mass is 10.3. The van der Waals surface area contributed by atoms with Crippen molar-refractivity contribution in [2.24, 2.45) is 7.05 Å². The maximum Gasteiger partial charge on any atom is 0.293 e. The van der Waals surface area contributed by atoms with Gasteiger partial charge in [-0.25, -0.2) is 4.98 Å². The summed E-state index contributed by atoms with van der Waals surface area (Å²) in [6, 6.07) is 0. The van der Waals surface area contributed by atoms with Gasteiger partial charge in [0.2, 0.25) is 0 Å². The average Bonchev–Trinajstić information content (AvgIpc) is 2.23. The zero-order chi connectivity index (χ0) is 9.97. The van der Waals surface area contributed by atoms with Crippen molar-refractivity contribution in [3.8, 4) is 0 Å². The van der Waals surface area contributed by atoms with Crippen LogP contribution in [-0.2, 0) is 7.05 Å². The summed E-state index contributed by atoms with van der Waals surface area (Å²) in [6.45, 7) is 3.54. The minimum atomic E-state index is -0.0191. The lowest BCUT2D eigenvalue weighted by Crippen LogP contribution is -2.46. The Bertz CT molecular complexity index is 367. The van der Waals surface area contributed by atoms with Gasteiger partial charge in [-0.2, -0.15) is 0 Å². The van der Waals surface area contributed by atoms with E-state index < -0.39 is 0 Å². The SMILES string of the molecule is Cn1ccnc(N2CCNCC2)c1=O. The minimum Gasteiger partial charge on any atom is -0.349 e. The molecule has 0 aliphatic carbocycles. The summed E-state index contributed by atoms with van der Waals surface area (Å²) in [5.74, 6) is 0.566. The summed E-state index contributed by atoms with van der Waals surface area (Å²) in [7, 11) is 1.75. The first kappa shape index (κ1) is 9.21. The predicted octanol–water partition coefficient (Wildman–Crippen LogP) is -0.810. The van der Waals surface area contributed by atoms with Gasteiger partial charge in [-0.15, -0.1) is 0 Å². The van der Waals surface area contributed by atoms with E-state index in [4.69, 9.17) is 0 Å². The van der Waals surface area contributed by atoms with E-state index in [1.165, 1.54) is 0 Å². The summed E-state index contributed by atoms with van der Waals surface area (Å²) < 4.78 is 1.56. The van der Waals surface area contributed by atoms with Crippen LogP contribution in [0.2, 0.25) is 0 Å². The molecular weight excluding hydrogens is 180 g/mol. The Morgan fingerprint density at radius 1 is 1.43 bits per heavy atom. The van der Waals surface area contributed by atoms with Gasteiger partial charge in [0, 0.05) is 45.6 Å². The van der Waals surface area contributed by atoms with Crippen molar-refractivity contribution in [1.82, 2.24) is 14.9 Å². The molecule has 5 nitrogen and oxygen atoms in total. The van der Waals surface area contributed by atoms with Crippen LogP contribution in [0.1, 0.15) is 0 Å². The highest BCUT2D eigenvalue weighted by molar-refractivity contribution is 5.36. The van der Waals surface area contributed by atoms with Crippen LogP contribution in [0, 0.1) is 0 Å². The minimum absolute atomic E-state index is 0.0191. The first-order valence-corrected chi connectivity index (χ1v) is 4.76. The van der Waals surface area contributed by atoms with E-state index >= 15 is 0 Å². The van der Waals surface area contributed by atoms with E-state index in [0.29, 0.717) is 5.82 Å². The Morgan fingerprint density at radius 2 is 2.14 bits per heavy atom. The molecule has 1 N–H and O–H groups in total. The number of rotatable bonds is 1. The monoisotopic (exact) mass is 194 g/mol. The number of nitrogens with zero attached hydrogens (tertiary/aromatic N) is 3. The quantitative estimate of drug-likeness (QED) is 0.635. The number of hydrogen-bond donors (Lipinski definition) is 1. The van der Waals surface area contributed by atoms with Crippen LogP contribution < -0.4 is 15.8 Å². The van der Waals surface area contributed by atoms with Gasteiger partial charge in [0.05, 0.1) is 0 Å². The van der Waals surface area contributed by atoms with Crippen LogP contribution in [0.15, 0.2) is 17.2 Å². The van der Waals surface area contributed by atoms with Crippen molar-refractivity contribution in [2.75, 3.05) is 31.1 Å². The van der Waals surface area contributed by atoms with Crippen LogP contribution in [0.3, 0.4) is 0 Å². The molecule has 76 valence electrons. The number of anilines is 1. The highest BCUT2D eigenvalue weighted by Crippen LogP contribution is 2.03. The predicted molar refractivity (Wildman–Crippen MR) is 54.6 cm³/mol. The van der Waals surface area contributed by atoms with Crippen molar-refractivity contribution in [1.29, 1.82) is 0 Å². The van der Waals surface area contributed by atoms with Gasteiger partial charge >= 0.3 is 0 Å². The molecule has 1 fully saturated rings. The number of nitrogens with one attached hydrogen (secondary N) is 1. The Labute approximate surface area is 82.4 Å². The van der Waals surface area contributed by atoms with Crippen molar-refractivity contribution >= 4 is 5.82 Å². The standard InChI is InChI=1S/C9H14N4O/c1-12-5-4-11-8(9(12)14)13-6-2-10-3-7-13/h4-5,10H,2-3,6-7H2,1H3. The van der Waals surface area contributed by atoms with E-state index in [2.05, 4.69) is 10.3 Å². The Balaban J connectivity index is 2.31. The van der Waals surface area contributed by atoms with E-state index in [1.54, 1.807) is 24.0 Å². The average molecular weight is 194 g/mol. The molecule has 1 aromatic rings. The van der Waals surface area contributed by atoms with Gasteiger partial charge < -0.3 is 14.8 Å². The van der Waals surface area contributed by atoms with Gasteiger partial charge in [-0.3, -0.25) is 4.79 Å². The third-order valence-electron chi connectivity index (χ3n) is 2.42. The fourth-order valence-corrected chi connectivity index (χ4v) is 1.58. The Morgan fingerprint density at radius 3 is 2.86 bits per heavy atom. The third-order valence-corrected chi connectivity index (χ3v) is 2.42. The molecule has 0 saturated carbocycles. The summed E-state index contributed by atoms with van der Waals surface area (Å²) in [5.41, 5.74) is -0.0191. The molecule has 0 bridgehead atoms. The van der Waals surface area contributed by atoms with Gasteiger partial charge in [0.15, 0.2) is 5.82 Å². The number of aryl methyl sites for hydroxylation is 1. The van der Waals surface area contributed by atoms with Crippen LogP contribution in [0.25, 0.3) is 0 Å². The van der Waals surface area contributed by atoms with Crippen molar-refractivity contribution < 1.29 is 0 Å². The van der Waals surface area contributed by atoms with Crippen LogP contribution in [0.5, 0.6) is 0 Å². The molecule has 1 aromatic heterocycles. The lowest BCUT2D eigenvalue weighted by Gasteiger charge is -2.27. The van der Waals surface area contributed by atoms with Crippen LogP contribution in [-0.4, -0.2) is 35.7 Å². The zero-order valence-corrected chi connectivity index (χ0v) is 8.23. The smallest absolute Gasteiger partial charge is 0.293 e. The Kier molecular flexibility index (Phi) is 2.49. The molecule has 2 rings (SSSR count). The third kappa shape index (κ3) is 1.63. The maximum absolute atomic E-state index is 11.7. The van der Waals surface area contributed by atoms with Gasteiger partial charge in [0.25, 0.3) is 5.56 Å². The highest BCUT2D eigenvalue weighted by Gasteiger charge is 2.14. The number of hydrogen-bond acceptors (Lipinski definition) is 4. The molecule has 1 saturated heterocycles. The highest BCUT2D eigenvalue weighted by atomic mass is 16.1. The van der Waals surface area contributed by atoms with E-state index in [9.17, 15) is 4.79 Å². The molecule has 5 heteroatoms. The molecule has 0 radical (unpaired) electrons. The Hall–Kier alpha value is -1.36. The van der Waals surface area contributed by atoms with E-state index in [1.807, 2.05) is 4.90 Å². The molecule has 0 amide bonds. The molecule has 0 atom stereocenters. The summed E-state index contributed by atoms with van der Waals surface area (Å²) in [5, 5.41) is 3.24. The van der Waals surface area contributed by atoms with Gasteiger partial charge in [-0.1, -0.05) is 0 Å². The van der Waals surface area contributed by atoms with E-state index in [-0.39, 0.29) is 5.56 Å². The number of aromatic nitrogens is 2. The second kappa shape index (κ2) is 3.79. The fraction of sp³-hybridized carbons (Fsp3) is 0.556. The van der Waals surface area contributed by atoms with Crippen LogP contribution >= 0.6 is 0 Å². The topological polar surface area (TPSA) is 50.2 Å². The lowest BCUT2D eigenvalue weighted by molar-refractivity contribution is 0.580. The summed E-state index contributed by atoms with van der Waals surface area (Å²) >= 11 is 0. The van der Waals surface area contributed by atoms with E-state index in [0.717, 1.165) is 26.2 Å². The second-order valence-electron chi connectivity index (χ2n) is 3.40. The maximum atomic E-state index is 11.7. The van der Waals surface area contributed by atoms with Gasteiger partial charge in [-0.05, 0) is 0 Å². The normalized spacial score (nSPS) is 17.1. The molecule has 1 aliphatic rings. The molecule has 0 aromatic carbocycles. The number of piperazine rings is 1. The molecule has 2 heterocycles. The summed E-state index contributed by atoms with van der Waals surface area (Å²) in [6.07, 6.45) is 3.34.